The number of nitriles is 1. The highest BCUT2D eigenvalue weighted by atomic mass is 16.5. The predicted molar refractivity (Wildman–Crippen MR) is 70.0 cm³/mol. The summed E-state index contributed by atoms with van der Waals surface area (Å²) in [6.45, 7) is 0. The van der Waals surface area contributed by atoms with Crippen molar-refractivity contribution >= 4 is 17.6 Å². The molecule has 0 saturated heterocycles. The molecule has 19 heavy (non-hydrogen) atoms. The van der Waals surface area contributed by atoms with E-state index in [9.17, 15) is 0 Å². The van der Waals surface area contributed by atoms with Crippen LogP contribution in [0, 0.1) is 11.3 Å². The molecule has 7 nitrogen and oxygen atoms in total. The van der Waals surface area contributed by atoms with Crippen molar-refractivity contribution in [3.8, 4) is 12.1 Å². The Bertz CT molecular complexity index is 619. The minimum Gasteiger partial charge on any atom is -0.467 e. The summed E-state index contributed by atoms with van der Waals surface area (Å²) in [6.07, 6.45) is 0. The number of benzene rings is 1. The van der Waals surface area contributed by atoms with Crippen molar-refractivity contribution in [3.05, 3.63) is 29.8 Å². The SMILES string of the molecule is COc1nc(N)nc(N(C)c2ccc(C#N)cc2)n1. The number of anilines is 3. The monoisotopic (exact) mass is 256 g/mol. The van der Waals surface area contributed by atoms with Gasteiger partial charge < -0.3 is 15.4 Å². The summed E-state index contributed by atoms with van der Waals surface area (Å²) in [7, 11) is 3.25. The molecule has 0 saturated carbocycles. The summed E-state index contributed by atoms with van der Waals surface area (Å²) < 4.78 is 4.95. The number of rotatable bonds is 3. The van der Waals surface area contributed by atoms with Crippen molar-refractivity contribution in [2.24, 2.45) is 0 Å². The highest BCUT2D eigenvalue weighted by Gasteiger charge is 2.11. The van der Waals surface area contributed by atoms with Crippen LogP contribution >= 0.6 is 0 Å². The third-order valence-electron chi connectivity index (χ3n) is 2.49. The van der Waals surface area contributed by atoms with E-state index in [4.69, 9.17) is 15.7 Å². The second kappa shape index (κ2) is 5.18. The van der Waals surface area contributed by atoms with E-state index >= 15 is 0 Å². The zero-order chi connectivity index (χ0) is 13.8. The molecule has 96 valence electrons. The van der Waals surface area contributed by atoms with Crippen molar-refractivity contribution in [2.45, 2.75) is 0 Å². The standard InChI is InChI=1S/C12H12N6O/c1-18(9-5-3-8(7-13)4-6-9)11-15-10(14)16-12(17-11)19-2/h3-6H,1-2H3,(H2,14,15,16,17). The second-order valence-corrected chi connectivity index (χ2v) is 3.70. The summed E-state index contributed by atoms with van der Waals surface area (Å²) in [6, 6.07) is 9.24. The van der Waals surface area contributed by atoms with Crippen molar-refractivity contribution in [1.82, 2.24) is 15.0 Å². The van der Waals surface area contributed by atoms with E-state index in [1.54, 1.807) is 36.2 Å². The van der Waals surface area contributed by atoms with Gasteiger partial charge in [0.25, 0.3) is 0 Å². The molecule has 0 atom stereocenters. The van der Waals surface area contributed by atoms with Gasteiger partial charge in [-0.05, 0) is 24.3 Å². The van der Waals surface area contributed by atoms with Crippen LogP contribution in [0.5, 0.6) is 6.01 Å². The van der Waals surface area contributed by atoms with Gasteiger partial charge in [-0.25, -0.2) is 0 Å². The van der Waals surface area contributed by atoms with Crippen LogP contribution in [-0.2, 0) is 0 Å². The number of hydrogen-bond acceptors (Lipinski definition) is 7. The van der Waals surface area contributed by atoms with Gasteiger partial charge in [0.05, 0.1) is 18.7 Å². The first-order valence-electron chi connectivity index (χ1n) is 5.43. The fraction of sp³-hybridized carbons (Fsp3) is 0.167. The molecule has 0 aliphatic heterocycles. The summed E-state index contributed by atoms with van der Waals surface area (Å²) in [5, 5.41) is 8.76. The highest BCUT2D eigenvalue weighted by Crippen LogP contribution is 2.22. The lowest BCUT2D eigenvalue weighted by molar-refractivity contribution is 0.379. The molecule has 0 aliphatic carbocycles. The lowest BCUT2D eigenvalue weighted by Gasteiger charge is -2.17. The number of nitrogen functional groups attached to an aromatic ring is 1. The van der Waals surface area contributed by atoms with Crippen LogP contribution in [-0.4, -0.2) is 29.1 Å². The fourth-order valence-corrected chi connectivity index (χ4v) is 1.48. The van der Waals surface area contributed by atoms with Crippen LogP contribution in [0.25, 0.3) is 0 Å². The summed E-state index contributed by atoms with van der Waals surface area (Å²) in [5.41, 5.74) is 7.00. The summed E-state index contributed by atoms with van der Waals surface area (Å²) in [4.78, 5) is 13.7. The number of nitrogens with two attached hydrogens (primary N) is 1. The third-order valence-corrected chi connectivity index (χ3v) is 2.49. The zero-order valence-electron chi connectivity index (χ0n) is 10.5. The minimum absolute atomic E-state index is 0.0855. The van der Waals surface area contributed by atoms with Crippen LogP contribution in [0.1, 0.15) is 5.56 Å². The Morgan fingerprint density at radius 2 is 1.89 bits per heavy atom. The molecule has 0 unspecified atom stereocenters. The van der Waals surface area contributed by atoms with Crippen molar-refractivity contribution in [2.75, 3.05) is 24.8 Å². The molecule has 7 heteroatoms. The van der Waals surface area contributed by atoms with Gasteiger partial charge in [-0.3, -0.25) is 0 Å². The lowest BCUT2D eigenvalue weighted by Crippen LogP contribution is -2.15. The van der Waals surface area contributed by atoms with Gasteiger partial charge in [0.15, 0.2) is 0 Å². The number of methoxy groups -OCH3 is 1. The van der Waals surface area contributed by atoms with E-state index in [1.807, 2.05) is 0 Å². The molecule has 0 amide bonds. The molecule has 0 radical (unpaired) electrons. The number of nitrogens with zero attached hydrogens (tertiary/aromatic N) is 5. The van der Waals surface area contributed by atoms with Crippen LogP contribution in [0.3, 0.4) is 0 Å². The Balaban J connectivity index is 2.35. The van der Waals surface area contributed by atoms with Crippen molar-refractivity contribution < 1.29 is 4.74 Å². The Hall–Kier alpha value is -2.88. The first kappa shape index (κ1) is 12.6. The Labute approximate surface area is 110 Å². The maximum atomic E-state index is 8.76. The molecular formula is C12H12N6O. The van der Waals surface area contributed by atoms with E-state index in [-0.39, 0.29) is 12.0 Å². The molecule has 0 aliphatic rings. The molecule has 2 rings (SSSR count). The van der Waals surface area contributed by atoms with E-state index in [1.165, 1.54) is 7.11 Å². The van der Waals surface area contributed by atoms with Gasteiger partial charge in [-0.15, -0.1) is 0 Å². The van der Waals surface area contributed by atoms with Gasteiger partial charge >= 0.3 is 6.01 Å². The van der Waals surface area contributed by atoms with E-state index in [2.05, 4.69) is 21.0 Å². The van der Waals surface area contributed by atoms with Crippen molar-refractivity contribution in [3.63, 3.8) is 0 Å². The van der Waals surface area contributed by atoms with Gasteiger partial charge in [0, 0.05) is 12.7 Å². The molecular weight excluding hydrogens is 244 g/mol. The third kappa shape index (κ3) is 2.69. The maximum Gasteiger partial charge on any atom is 0.322 e. The second-order valence-electron chi connectivity index (χ2n) is 3.70. The molecule has 0 fully saturated rings. The van der Waals surface area contributed by atoms with E-state index < -0.39 is 0 Å². The van der Waals surface area contributed by atoms with Crippen LogP contribution in [0.4, 0.5) is 17.6 Å². The zero-order valence-corrected chi connectivity index (χ0v) is 10.5. The smallest absolute Gasteiger partial charge is 0.322 e. The van der Waals surface area contributed by atoms with Crippen LogP contribution < -0.4 is 15.4 Å². The molecule has 1 aromatic carbocycles. The van der Waals surface area contributed by atoms with Gasteiger partial charge in [-0.2, -0.15) is 20.2 Å². The Kier molecular flexibility index (Phi) is 3.43. The normalized spacial score (nSPS) is 9.74. The molecule has 1 aromatic heterocycles. The lowest BCUT2D eigenvalue weighted by atomic mass is 10.2. The number of hydrogen-bond donors (Lipinski definition) is 1. The quantitative estimate of drug-likeness (QED) is 0.877. The Morgan fingerprint density at radius 1 is 1.21 bits per heavy atom. The summed E-state index contributed by atoms with van der Waals surface area (Å²) >= 11 is 0. The van der Waals surface area contributed by atoms with Gasteiger partial charge in [0.2, 0.25) is 11.9 Å². The summed E-state index contributed by atoms with van der Waals surface area (Å²) in [5.74, 6) is 0.455. The highest BCUT2D eigenvalue weighted by molar-refractivity contribution is 5.58. The van der Waals surface area contributed by atoms with E-state index in [0.717, 1.165) is 5.69 Å². The topological polar surface area (TPSA) is 101 Å². The Morgan fingerprint density at radius 3 is 2.47 bits per heavy atom. The van der Waals surface area contributed by atoms with Crippen LogP contribution in [0.15, 0.2) is 24.3 Å². The average molecular weight is 256 g/mol. The molecule has 1 heterocycles. The molecule has 0 bridgehead atoms. The first-order valence-corrected chi connectivity index (χ1v) is 5.43. The van der Waals surface area contributed by atoms with Gasteiger partial charge in [0.1, 0.15) is 0 Å². The number of aromatic nitrogens is 3. The van der Waals surface area contributed by atoms with Crippen molar-refractivity contribution in [1.29, 1.82) is 5.26 Å². The molecule has 2 N–H and O–H groups in total. The predicted octanol–water partition coefficient (Wildman–Crippen LogP) is 1.10. The van der Waals surface area contributed by atoms with Crippen LogP contribution in [0.2, 0.25) is 0 Å². The van der Waals surface area contributed by atoms with Gasteiger partial charge in [-0.1, -0.05) is 0 Å². The number of ether oxygens (including phenoxy) is 1. The maximum absolute atomic E-state index is 8.76. The van der Waals surface area contributed by atoms with E-state index in [0.29, 0.717) is 11.5 Å². The minimum atomic E-state index is 0.0855. The first-order chi connectivity index (χ1) is 9.13. The largest absolute Gasteiger partial charge is 0.467 e. The molecule has 2 aromatic rings. The fourth-order valence-electron chi connectivity index (χ4n) is 1.48. The molecule has 0 spiro atoms. The average Bonchev–Trinajstić information content (AvgIpc) is 2.46.